The zero-order valence-corrected chi connectivity index (χ0v) is 9.13. The summed E-state index contributed by atoms with van der Waals surface area (Å²) in [6.07, 6.45) is 1.44. The number of nitrogens with one attached hydrogen (secondary N) is 1. The van der Waals surface area contributed by atoms with Crippen LogP contribution in [0.4, 0.5) is 0 Å². The van der Waals surface area contributed by atoms with E-state index in [-0.39, 0.29) is 11.4 Å². The van der Waals surface area contributed by atoms with Crippen molar-refractivity contribution in [2.45, 2.75) is 6.04 Å². The minimum absolute atomic E-state index is 0.00495. The molecule has 1 aromatic rings. The Labute approximate surface area is 98.5 Å². The van der Waals surface area contributed by atoms with Crippen molar-refractivity contribution >= 4 is 5.91 Å². The van der Waals surface area contributed by atoms with Gasteiger partial charge in [0.2, 0.25) is 0 Å². The Hall–Kier alpha value is -2.13. The monoisotopic (exact) mass is 232 g/mol. The molecule has 1 amide bonds. The highest BCUT2D eigenvalue weighted by atomic mass is 16.3. The number of pyridine rings is 1. The van der Waals surface area contributed by atoms with Crippen LogP contribution in [0.25, 0.3) is 0 Å². The Morgan fingerprint density at radius 3 is 3.24 bits per heavy atom. The van der Waals surface area contributed by atoms with Crippen LogP contribution in [-0.4, -0.2) is 46.6 Å². The molecule has 88 valence electrons. The van der Waals surface area contributed by atoms with Crippen molar-refractivity contribution in [2.24, 2.45) is 0 Å². The summed E-state index contributed by atoms with van der Waals surface area (Å²) in [5, 5.41) is 21.6. The third-order valence-corrected chi connectivity index (χ3v) is 2.64. The minimum atomic E-state index is -0.516. The molecule has 1 unspecified atom stereocenters. The zero-order chi connectivity index (χ0) is 12.3. The molecule has 2 rings (SSSR count). The van der Waals surface area contributed by atoms with Crippen LogP contribution in [0.5, 0.6) is 5.75 Å². The lowest BCUT2D eigenvalue weighted by molar-refractivity contribution is 0.0677. The van der Waals surface area contributed by atoms with Gasteiger partial charge >= 0.3 is 0 Å². The van der Waals surface area contributed by atoms with E-state index in [4.69, 9.17) is 5.26 Å². The molecule has 0 radical (unpaired) electrons. The molecular formula is C11H12N4O2. The van der Waals surface area contributed by atoms with Gasteiger partial charge in [-0.25, -0.2) is 4.98 Å². The van der Waals surface area contributed by atoms with E-state index in [0.717, 1.165) is 0 Å². The fourth-order valence-corrected chi connectivity index (χ4v) is 1.76. The van der Waals surface area contributed by atoms with Crippen molar-refractivity contribution in [1.29, 1.82) is 5.26 Å². The van der Waals surface area contributed by atoms with E-state index in [2.05, 4.69) is 16.4 Å². The van der Waals surface area contributed by atoms with Crippen LogP contribution in [-0.2, 0) is 0 Å². The predicted octanol–water partition coefficient (Wildman–Crippen LogP) is -0.275. The maximum atomic E-state index is 12.1. The van der Waals surface area contributed by atoms with Gasteiger partial charge in [-0.2, -0.15) is 5.26 Å². The average Bonchev–Trinajstić information content (AvgIpc) is 2.38. The smallest absolute Gasteiger partial charge is 0.277 e. The zero-order valence-electron chi connectivity index (χ0n) is 9.13. The molecule has 0 bridgehead atoms. The molecule has 1 atom stereocenters. The van der Waals surface area contributed by atoms with Crippen LogP contribution < -0.4 is 5.32 Å². The van der Waals surface area contributed by atoms with Crippen molar-refractivity contribution in [3.05, 3.63) is 24.0 Å². The summed E-state index contributed by atoms with van der Waals surface area (Å²) < 4.78 is 0. The molecule has 0 aliphatic carbocycles. The average molecular weight is 232 g/mol. The standard InChI is InChI=1S/C11H12N4O2/c12-6-8-7-13-4-5-15(8)11(17)10-9(16)2-1-3-14-10/h1-3,8,13,16H,4-5,7H2. The largest absolute Gasteiger partial charge is 0.505 e. The molecule has 6 heteroatoms. The molecule has 1 aliphatic heterocycles. The van der Waals surface area contributed by atoms with Crippen molar-refractivity contribution < 1.29 is 9.90 Å². The Kier molecular flexibility index (Phi) is 3.21. The number of aromatic hydroxyl groups is 1. The molecule has 1 aromatic heterocycles. The first-order valence-electron chi connectivity index (χ1n) is 5.29. The number of nitrogens with zero attached hydrogens (tertiary/aromatic N) is 3. The van der Waals surface area contributed by atoms with Gasteiger partial charge in [0.25, 0.3) is 5.91 Å². The molecule has 2 heterocycles. The van der Waals surface area contributed by atoms with E-state index in [1.54, 1.807) is 6.07 Å². The summed E-state index contributed by atoms with van der Waals surface area (Å²) in [5.41, 5.74) is -0.00495. The molecule has 6 nitrogen and oxygen atoms in total. The van der Waals surface area contributed by atoms with Crippen molar-refractivity contribution in [2.75, 3.05) is 19.6 Å². The number of piperazine rings is 1. The third kappa shape index (κ3) is 2.19. The van der Waals surface area contributed by atoms with E-state index in [9.17, 15) is 9.90 Å². The summed E-state index contributed by atoms with van der Waals surface area (Å²) in [7, 11) is 0. The van der Waals surface area contributed by atoms with Gasteiger partial charge < -0.3 is 15.3 Å². The number of rotatable bonds is 1. The SMILES string of the molecule is N#CC1CNCCN1C(=O)c1ncccc1O. The van der Waals surface area contributed by atoms with Gasteiger partial charge in [-0.1, -0.05) is 0 Å². The highest BCUT2D eigenvalue weighted by Crippen LogP contribution is 2.17. The Bertz CT molecular complexity index is 469. The number of nitriles is 1. The Morgan fingerprint density at radius 1 is 1.71 bits per heavy atom. The summed E-state index contributed by atoms with van der Waals surface area (Å²) in [6, 6.07) is 4.50. The molecule has 1 aliphatic rings. The number of carbonyl (C=O) groups is 1. The van der Waals surface area contributed by atoms with Crippen molar-refractivity contribution in [3.8, 4) is 11.8 Å². The Morgan fingerprint density at radius 2 is 2.53 bits per heavy atom. The second kappa shape index (κ2) is 4.80. The normalized spacial score (nSPS) is 19.7. The van der Waals surface area contributed by atoms with E-state index < -0.39 is 11.9 Å². The van der Waals surface area contributed by atoms with Crippen LogP contribution >= 0.6 is 0 Å². The first kappa shape index (κ1) is 11.4. The second-order valence-electron chi connectivity index (χ2n) is 3.72. The van der Waals surface area contributed by atoms with Gasteiger partial charge in [-0.15, -0.1) is 0 Å². The van der Waals surface area contributed by atoms with Crippen LogP contribution in [0, 0.1) is 11.3 Å². The molecule has 0 saturated carbocycles. The molecule has 1 saturated heterocycles. The lowest BCUT2D eigenvalue weighted by atomic mass is 10.2. The van der Waals surface area contributed by atoms with Gasteiger partial charge in [-0.05, 0) is 12.1 Å². The third-order valence-electron chi connectivity index (χ3n) is 2.64. The van der Waals surface area contributed by atoms with Crippen LogP contribution in [0.2, 0.25) is 0 Å². The van der Waals surface area contributed by atoms with E-state index in [1.807, 2.05) is 0 Å². The van der Waals surface area contributed by atoms with E-state index in [1.165, 1.54) is 17.2 Å². The maximum Gasteiger partial charge on any atom is 0.277 e. The number of aromatic nitrogens is 1. The highest BCUT2D eigenvalue weighted by Gasteiger charge is 2.29. The highest BCUT2D eigenvalue weighted by molar-refractivity contribution is 5.95. The quantitative estimate of drug-likeness (QED) is 0.695. The van der Waals surface area contributed by atoms with Crippen LogP contribution in [0.15, 0.2) is 18.3 Å². The fraction of sp³-hybridized carbons (Fsp3) is 0.364. The first-order valence-corrected chi connectivity index (χ1v) is 5.29. The summed E-state index contributed by atoms with van der Waals surface area (Å²) in [5.74, 6) is -0.566. The topological polar surface area (TPSA) is 89.3 Å². The van der Waals surface area contributed by atoms with Gasteiger partial charge in [0.05, 0.1) is 6.07 Å². The van der Waals surface area contributed by atoms with Crippen LogP contribution in [0.1, 0.15) is 10.5 Å². The molecule has 0 aromatic carbocycles. The first-order chi connectivity index (χ1) is 8.24. The number of hydrogen-bond donors (Lipinski definition) is 2. The summed E-state index contributed by atoms with van der Waals surface area (Å²) in [4.78, 5) is 17.4. The van der Waals surface area contributed by atoms with Gasteiger partial charge in [-0.3, -0.25) is 4.79 Å². The molecule has 0 spiro atoms. The molecule has 17 heavy (non-hydrogen) atoms. The summed E-state index contributed by atoms with van der Waals surface area (Å²) >= 11 is 0. The molecule has 1 fully saturated rings. The van der Waals surface area contributed by atoms with E-state index in [0.29, 0.717) is 19.6 Å². The lowest BCUT2D eigenvalue weighted by Gasteiger charge is -2.31. The van der Waals surface area contributed by atoms with Gasteiger partial charge in [0, 0.05) is 25.8 Å². The summed E-state index contributed by atoms with van der Waals surface area (Å²) in [6.45, 7) is 1.51. The van der Waals surface area contributed by atoms with Crippen molar-refractivity contribution in [1.82, 2.24) is 15.2 Å². The van der Waals surface area contributed by atoms with E-state index >= 15 is 0 Å². The molecular weight excluding hydrogens is 220 g/mol. The lowest BCUT2D eigenvalue weighted by Crippen LogP contribution is -2.53. The Balaban J connectivity index is 2.25. The fourth-order valence-electron chi connectivity index (χ4n) is 1.76. The molecule has 2 N–H and O–H groups in total. The van der Waals surface area contributed by atoms with Gasteiger partial charge in [0.1, 0.15) is 11.8 Å². The van der Waals surface area contributed by atoms with Crippen LogP contribution in [0.3, 0.4) is 0 Å². The maximum absolute atomic E-state index is 12.1. The minimum Gasteiger partial charge on any atom is -0.505 e. The van der Waals surface area contributed by atoms with Gasteiger partial charge in [0.15, 0.2) is 5.69 Å². The number of amides is 1. The number of carbonyl (C=O) groups excluding carboxylic acids is 1. The van der Waals surface area contributed by atoms with Crippen molar-refractivity contribution in [3.63, 3.8) is 0 Å². The second-order valence-corrected chi connectivity index (χ2v) is 3.72. The predicted molar refractivity (Wildman–Crippen MR) is 59.2 cm³/mol. The number of hydrogen-bond acceptors (Lipinski definition) is 5.